The largest absolute Gasteiger partial charge is 0.312 e. The predicted molar refractivity (Wildman–Crippen MR) is 92.4 cm³/mol. The maximum Gasteiger partial charge on any atom is 0.255 e. The summed E-state index contributed by atoms with van der Waals surface area (Å²) in [7, 11) is 2.15. The molecule has 1 atom stereocenters. The minimum atomic E-state index is 0.210. The first-order valence-corrected chi connectivity index (χ1v) is 8.73. The third kappa shape index (κ3) is 3.79. The average molecular weight is 305 g/mol. The van der Waals surface area contributed by atoms with Gasteiger partial charge in [0.25, 0.3) is 5.56 Å². The second kappa shape index (κ2) is 7.93. The number of hydrogen-bond donors (Lipinski definition) is 1. The van der Waals surface area contributed by atoms with E-state index in [0.29, 0.717) is 6.54 Å². The Morgan fingerprint density at radius 2 is 2.14 bits per heavy atom. The Bertz CT molecular complexity index is 550. The van der Waals surface area contributed by atoms with Gasteiger partial charge in [0.2, 0.25) is 0 Å². The molecule has 4 heteroatoms. The van der Waals surface area contributed by atoms with Crippen molar-refractivity contribution in [1.82, 2.24) is 14.8 Å². The normalized spacial score (nSPS) is 16.5. The summed E-state index contributed by atoms with van der Waals surface area (Å²) in [5, 5.41) is 3.42. The lowest BCUT2D eigenvalue weighted by atomic mass is 10.0. The smallest absolute Gasteiger partial charge is 0.255 e. The third-order valence-corrected chi connectivity index (χ3v) is 4.73. The molecule has 4 nitrogen and oxygen atoms in total. The van der Waals surface area contributed by atoms with E-state index in [4.69, 9.17) is 0 Å². The van der Waals surface area contributed by atoms with Crippen LogP contribution in [0.3, 0.4) is 0 Å². The standard InChI is InChI=1S/C18H31N3O/c1-5-7-9-19-12-15-11-16-13-20(4)10-8-17(16)21(18(15)22)14(3)6-2/h11,14,19H,5-10,12-13H2,1-4H3. The van der Waals surface area contributed by atoms with Crippen molar-refractivity contribution in [1.29, 1.82) is 0 Å². The molecule has 0 radical (unpaired) electrons. The van der Waals surface area contributed by atoms with Gasteiger partial charge in [0.15, 0.2) is 0 Å². The molecule has 1 aliphatic heterocycles. The number of nitrogens with zero attached hydrogens (tertiary/aromatic N) is 2. The van der Waals surface area contributed by atoms with Crippen molar-refractivity contribution in [2.24, 2.45) is 0 Å². The van der Waals surface area contributed by atoms with Gasteiger partial charge in [-0.2, -0.15) is 0 Å². The third-order valence-electron chi connectivity index (χ3n) is 4.73. The SMILES string of the molecule is CCCCNCc1cc2c(n(C(C)CC)c1=O)CCN(C)C2. The number of aromatic nitrogens is 1. The monoisotopic (exact) mass is 305 g/mol. The molecule has 0 bridgehead atoms. The van der Waals surface area contributed by atoms with Gasteiger partial charge in [0, 0.05) is 43.4 Å². The van der Waals surface area contributed by atoms with Gasteiger partial charge in [-0.3, -0.25) is 4.79 Å². The topological polar surface area (TPSA) is 37.3 Å². The zero-order chi connectivity index (χ0) is 16.1. The van der Waals surface area contributed by atoms with Gasteiger partial charge in [-0.25, -0.2) is 0 Å². The van der Waals surface area contributed by atoms with Gasteiger partial charge in [-0.05, 0) is 45.0 Å². The van der Waals surface area contributed by atoms with E-state index < -0.39 is 0 Å². The average Bonchev–Trinajstić information content (AvgIpc) is 2.51. The molecule has 0 spiro atoms. The second-order valence-electron chi connectivity index (χ2n) is 6.59. The van der Waals surface area contributed by atoms with E-state index in [1.807, 2.05) is 0 Å². The van der Waals surface area contributed by atoms with Crippen molar-refractivity contribution in [3.63, 3.8) is 0 Å². The summed E-state index contributed by atoms with van der Waals surface area (Å²) in [6.07, 6.45) is 4.32. The van der Waals surface area contributed by atoms with Crippen LogP contribution in [-0.4, -0.2) is 29.6 Å². The van der Waals surface area contributed by atoms with Crippen LogP contribution >= 0.6 is 0 Å². The van der Waals surface area contributed by atoms with Crippen LogP contribution in [0.25, 0.3) is 0 Å². The van der Waals surface area contributed by atoms with E-state index in [0.717, 1.165) is 44.5 Å². The lowest BCUT2D eigenvalue weighted by Crippen LogP contribution is -2.37. The molecule has 2 heterocycles. The van der Waals surface area contributed by atoms with Crippen molar-refractivity contribution < 1.29 is 0 Å². The summed E-state index contributed by atoms with van der Waals surface area (Å²) in [6, 6.07) is 2.42. The molecule has 1 aromatic rings. The first kappa shape index (κ1) is 17.2. The Morgan fingerprint density at radius 1 is 1.36 bits per heavy atom. The first-order chi connectivity index (χ1) is 10.6. The number of fused-ring (bicyclic) bond motifs is 1. The van der Waals surface area contributed by atoms with Crippen LogP contribution in [0.15, 0.2) is 10.9 Å². The minimum absolute atomic E-state index is 0.210. The van der Waals surface area contributed by atoms with E-state index in [-0.39, 0.29) is 11.6 Å². The summed E-state index contributed by atoms with van der Waals surface area (Å²) in [6.45, 7) is 10.2. The fourth-order valence-corrected chi connectivity index (χ4v) is 3.17. The highest BCUT2D eigenvalue weighted by Crippen LogP contribution is 2.21. The van der Waals surface area contributed by atoms with E-state index in [1.165, 1.54) is 17.7 Å². The van der Waals surface area contributed by atoms with Crippen LogP contribution in [-0.2, 0) is 19.5 Å². The summed E-state index contributed by atoms with van der Waals surface area (Å²) in [5.74, 6) is 0. The number of hydrogen-bond acceptors (Lipinski definition) is 3. The van der Waals surface area contributed by atoms with Crippen LogP contribution in [0.5, 0.6) is 0 Å². The van der Waals surface area contributed by atoms with Gasteiger partial charge in [-0.1, -0.05) is 20.3 Å². The van der Waals surface area contributed by atoms with Gasteiger partial charge < -0.3 is 14.8 Å². The van der Waals surface area contributed by atoms with Crippen LogP contribution < -0.4 is 10.9 Å². The maximum atomic E-state index is 12.9. The fraction of sp³-hybridized carbons (Fsp3) is 0.722. The highest BCUT2D eigenvalue weighted by molar-refractivity contribution is 5.29. The van der Waals surface area contributed by atoms with Crippen LogP contribution in [0, 0.1) is 0 Å². The molecule has 0 saturated heterocycles. The molecule has 0 aliphatic carbocycles. The molecule has 1 aliphatic rings. The molecule has 0 amide bonds. The number of unbranched alkanes of at least 4 members (excludes halogenated alkanes) is 1. The van der Waals surface area contributed by atoms with Gasteiger partial charge in [0.1, 0.15) is 0 Å². The number of pyridine rings is 1. The number of rotatable bonds is 7. The Kier molecular flexibility index (Phi) is 6.21. The van der Waals surface area contributed by atoms with Gasteiger partial charge >= 0.3 is 0 Å². The molecule has 1 aromatic heterocycles. The minimum Gasteiger partial charge on any atom is -0.312 e. The van der Waals surface area contributed by atoms with E-state index in [1.54, 1.807) is 0 Å². The van der Waals surface area contributed by atoms with Gasteiger partial charge in [-0.15, -0.1) is 0 Å². The molecule has 22 heavy (non-hydrogen) atoms. The first-order valence-electron chi connectivity index (χ1n) is 8.73. The van der Waals surface area contributed by atoms with Crippen molar-refractivity contribution in [3.8, 4) is 0 Å². The van der Waals surface area contributed by atoms with Crippen molar-refractivity contribution in [2.45, 2.75) is 65.6 Å². The summed E-state index contributed by atoms with van der Waals surface area (Å²) in [4.78, 5) is 15.2. The van der Waals surface area contributed by atoms with Crippen LogP contribution in [0.4, 0.5) is 0 Å². The zero-order valence-electron chi connectivity index (χ0n) is 14.6. The maximum absolute atomic E-state index is 12.9. The Balaban J connectivity index is 2.34. The molecule has 0 saturated carbocycles. The highest BCUT2D eigenvalue weighted by atomic mass is 16.1. The second-order valence-corrected chi connectivity index (χ2v) is 6.59. The summed E-state index contributed by atoms with van der Waals surface area (Å²) >= 11 is 0. The number of likely N-dealkylation sites (N-methyl/N-ethyl adjacent to an activating group) is 1. The van der Waals surface area contributed by atoms with E-state index in [2.05, 4.69) is 48.7 Å². The quantitative estimate of drug-likeness (QED) is 0.787. The van der Waals surface area contributed by atoms with Crippen molar-refractivity contribution >= 4 is 0 Å². The molecular formula is C18H31N3O. The van der Waals surface area contributed by atoms with E-state index >= 15 is 0 Å². The molecule has 2 rings (SSSR count). The fourth-order valence-electron chi connectivity index (χ4n) is 3.17. The Labute approximate surface area is 134 Å². The lowest BCUT2D eigenvalue weighted by Gasteiger charge is -2.30. The Hall–Kier alpha value is -1.13. The molecule has 1 N–H and O–H groups in total. The van der Waals surface area contributed by atoms with Crippen LogP contribution in [0.2, 0.25) is 0 Å². The van der Waals surface area contributed by atoms with Crippen molar-refractivity contribution in [3.05, 3.63) is 33.2 Å². The number of nitrogens with one attached hydrogen (secondary N) is 1. The molecule has 0 aromatic carbocycles. The summed E-state index contributed by atoms with van der Waals surface area (Å²) in [5.41, 5.74) is 3.72. The highest BCUT2D eigenvalue weighted by Gasteiger charge is 2.21. The zero-order valence-corrected chi connectivity index (χ0v) is 14.6. The van der Waals surface area contributed by atoms with Crippen LogP contribution in [0.1, 0.15) is 62.9 Å². The van der Waals surface area contributed by atoms with E-state index in [9.17, 15) is 4.79 Å². The molecule has 0 fully saturated rings. The van der Waals surface area contributed by atoms with Crippen molar-refractivity contribution in [2.75, 3.05) is 20.1 Å². The predicted octanol–water partition coefficient (Wildman–Crippen LogP) is 2.70. The Morgan fingerprint density at radius 3 is 2.82 bits per heavy atom. The molecule has 1 unspecified atom stereocenters. The lowest BCUT2D eigenvalue weighted by molar-refractivity contribution is 0.299. The molecule has 124 valence electrons. The summed E-state index contributed by atoms with van der Waals surface area (Å²) < 4.78 is 2.07. The molecular weight excluding hydrogens is 274 g/mol. The van der Waals surface area contributed by atoms with Gasteiger partial charge in [0.05, 0.1) is 0 Å².